The first kappa shape index (κ1) is 24.4. The van der Waals surface area contributed by atoms with E-state index in [1.165, 1.54) is 0 Å². The Balaban J connectivity index is 1.45. The second kappa shape index (κ2) is 9.97. The zero-order valence-corrected chi connectivity index (χ0v) is 21.4. The third kappa shape index (κ3) is 4.72. The van der Waals surface area contributed by atoms with E-state index >= 15 is 0 Å². The van der Waals surface area contributed by atoms with Crippen molar-refractivity contribution in [2.75, 3.05) is 32.2 Å². The fourth-order valence-corrected chi connectivity index (χ4v) is 5.51. The number of rotatable bonds is 6. The Bertz CT molecular complexity index is 1210. The number of aryl methyl sites for hydroxylation is 1. The zero-order valence-electron chi connectivity index (χ0n) is 21.4. The molecule has 1 fully saturated rings. The second-order valence-electron chi connectivity index (χ2n) is 10.2. The molecule has 5 rings (SSSR count). The Morgan fingerprint density at radius 3 is 2.53 bits per heavy atom. The predicted octanol–water partition coefficient (Wildman–Crippen LogP) is 4.74. The normalized spacial score (nSPS) is 24.0. The number of hydrogen-bond acceptors (Lipinski definition) is 7. The van der Waals surface area contributed by atoms with E-state index in [1.54, 1.807) is 0 Å². The second-order valence-corrected chi connectivity index (χ2v) is 10.2. The van der Waals surface area contributed by atoms with Crippen LogP contribution in [0, 0.1) is 6.92 Å². The molecule has 0 saturated carbocycles. The summed E-state index contributed by atoms with van der Waals surface area (Å²) >= 11 is 0. The number of nitrogens with one attached hydrogen (secondary N) is 1. The van der Waals surface area contributed by atoms with Crippen LogP contribution >= 0.6 is 0 Å². The van der Waals surface area contributed by atoms with Crippen molar-refractivity contribution in [1.82, 2.24) is 5.32 Å². The largest absolute Gasteiger partial charge is 0.465 e. The number of allylic oxidation sites excluding steroid dienone is 3. The summed E-state index contributed by atoms with van der Waals surface area (Å²) in [5, 5.41) is 3.40. The first-order valence-corrected chi connectivity index (χ1v) is 12.7. The van der Waals surface area contributed by atoms with Crippen LogP contribution in [0.2, 0.25) is 0 Å². The number of dihydropyridines is 1. The number of anilines is 1. The van der Waals surface area contributed by atoms with Crippen molar-refractivity contribution in [2.45, 2.75) is 57.5 Å². The van der Waals surface area contributed by atoms with Crippen molar-refractivity contribution >= 4 is 17.4 Å². The number of nitrogens with zero attached hydrogens (tertiary/aromatic N) is 1. The standard InChI is InChI=1S/C29H34N2O5/c1-17-7-12-25(36-17)28-26(29(33)35-16-22-6-5-13-34-22)18(2)30-23-14-20(15-24(32)27(23)28)19-8-10-21(11-9-19)31(3)4/h7-12,20,22,28,30H,5-6,13-16H2,1-4H3/t20-,22-,28-/m0/s1. The van der Waals surface area contributed by atoms with Crippen LogP contribution < -0.4 is 10.2 Å². The quantitative estimate of drug-likeness (QED) is 0.586. The minimum Gasteiger partial charge on any atom is -0.465 e. The summed E-state index contributed by atoms with van der Waals surface area (Å²) in [7, 11) is 4.02. The Hall–Kier alpha value is -3.32. The molecular formula is C29H34N2O5. The lowest BCUT2D eigenvalue weighted by molar-refractivity contribution is -0.142. The van der Waals surface area contributed by atoms with Crippen LogP contribution in [0.3, 0.4) is 0 Å². The van der Waals surface area contributed by atoms with Gasteiger partial charge >= 0.3 is 5.97 Å². The number of furan rings is 1. The average molecular weight is 491 g/mol. The van der Waals surface area contributed by atoms with E-state index in [-0.39, 0.29) is 24.4 Å². The molecule has 0 unspecified atom stereocenters. The lowest BCUT2D eigenvalue weighted by Gasteiger charge is -2.36. The van der Waals surface area contributed by atoms with Crippen LogP contribution in [0.4, 0.5) is 5.69 Å². The van der Waals surface area contributed by atoms with Gasteiger partial charge in [0, 0.05) is 49.8 Å². The van der Waals surface area contributed by atoms with Gasteiger partial charge in [-0.3, -0.25) is 4.79 Å². The highest BCUT2D eigenvalue weighted by Gasteiger charge is 2.43. The van der Waals surface area contributed by atoms with Gasteiger partial charge in [0.25, 0.3) is 0 Å². The maximum Gasteiger partial charge on any atom is 0.336 e. The van der Waals surface area contributed by atoms with Crippen LogP contribution in [-0.2, 0) is 19.1 Å². The van der Waals surface area contributed by atoms with Gasteiger partial charge in [0.1, 0.15) is 18.1 Å². The molecular weight excluding hydrogens is 456 g/mol. The first-order chi connectivity index (χ1) is 17.3. The molecule has 3 heterocycles. The van der Waals surface area contributed by atoms with Crippen LogP contribution in [0.1, 0.15) is 61.5 Å². The molecule has 2 aromatic rings. The third-order valence-corrected chi connectivity index (χ3v) is 7.40. The van der Waals surface area contributed by atoms with Gasteiger partial charge in [0.05, 0.1) is 17.6 Å². The summed E-state index contributed by atoms with van der Waals surface area (Å²) in [5.41, 5.74) is 4.86. The molecule has 1 aromatic carbocycles. The highest BCUT2D eigenvalue weighted by atomic mass is 16.6. The number of ketones is 1. The Labute approximate surface area is 212 Å². The number of carbonyl (C=O) groups excluding carboxylic acids is 2. The number of Topliss-reactive ketones (excluding diaryl/α,β-unsaturated/α-hetero) is 1. The fraction of sp³-hybridized carbons (Fsp3) is 0.448. The Kier molecular flexibility index (Phi) is 6.75. The van der Waals surface area contributed by atoms with E-state index in [2.05, 4.69) is 34.5 Å². The van der Waals surface area contributed by atoms with Gasteiger partial charge in [0.15, 0.2) is 5.78 Å². The van der Waals surface area contributed by atoms with Crippen molar-refractivity contribution in [2.24, 2.45) is 0 Å². The molecule has 1 aromatic heterocycles. The minimum atomic E-state index is -0.587. The third-order valence-electron chi connectivity index (χ3n) is 7.40. The highest BCUT2D eigenvalue weighted by Crippen LogP contribution is 2.46. The Morgan fingerprint density at radius 2 is 1.89 bits per heavy atom. The molecule has 7 heteroatoms. The first-order valence-electron chi connectivity index (χ1n) is 12.7. The van der Waals surface area contributed by atoms with Crippen LogP contribution in [0.25, 0.3) is 0 Å². The molecule has 2 aliphatic heterocycles. The monoisotopic (exact) mass is 490 g/mol. The van der Waals surface area contributed by atoms with Gasteiger partial charge in [0.2, 0.25) is 0 Å². The number of hydrogen-bond donors (Lipinski definition) is 1. The molecule has 1 saturated heterocycles. The highest BCUT2D eigenvalue weighted by molar-refractivity contribution is 6.04. The smallest absolute Gasteiger partial charge is 0.336 e. The van der Waals surface area contributed by atoms with Gasteiger partial charge in [-0.25, -0.2) is 4.79 Å². The van der Waals surface area contributed by atoms with Gasteiger partial charge < -0.3 is 24.1 Å². The molecule has 3 atom stereocenters. The zero-order chi connectivity index (χ0) is 25.4. The van der Waals surface area contributed by atoms with E-state index in [9.17, 15) is 9.59 Å². The van der Waals surface area contributed by atoms with E-state index in [0.29, 0.717) is 42.1 Å². The molecule has 0 amide bonds. The summed E-state index contributed by atoms with van der Waals surface area (Å²) < 4.78 is 17.3. The van der Waals surface area contributed by atoms with Gasteiger partial charge in [-0.1, -0.05) is 12.1 Å². The molecule has 7 nitrogen and oxygen atoms in total. The van der Waals surface area contributed by atoms with Crippen LogP contribution in [-0.4, -0.2) is 45.2 Å². The number of benzene rings is 1. The van der Waals surface area contributed by atoms with Gasteiger partial charge in [-0.2, -0.15) is 0 Å². The number of carbonyl (C=O) groups is 2. The average Bonchev–Trinajstić information content (AvgIpc) is 3.53. The number of ether oxygens (including phenoxy) is 2. The molecule has 3 aliphatic rings. The lowest BCUT2D eigenvalue weighted by atomic mass is 9.73. The summed E-state index contributed by atoms with van der Waals surface area (Å²) in [4.78, 5) is 29.1. The SMILES string of the molecule is CC1=C(C(=O)OC[C@@H]2CCCO2)[C@H](c2ccc(C)o2)C2=C(C[C@H](c3ccc(N(C)C)cc3)CC2=O)N1. The van der Waals surface area contributed by atoms with Gasteiger partial charge in [-0.05, 0) is 68.9 Å². The van der Waals surface area contributed by atoms with Gasteiger partial charge in [-0.15, -0.1) is 0 Å². The van der Waals surface area contributed by atoms with Crippen LogP contribution in [0.15, 0.2) is 63.4 Å². The summed E-state index contributed by atoms with van der Waals surface area (Å²) in [6.07, 6.45) is 2.86. The van der Waals surface area contributed by atoms with Crippen molar-refractivity contribution in [3.63, 3.8) is 0 Å². The molecule has 1 aliphatic carbocycles. The van der Waals surface area contributed by atoms with Crippen molar-refractivity contribution in [1.29, 1.82) is 0 Å². The van der Waals surface area contributed by atoms with E-state index in [1.807, 2.05) is 40.1 Å². The minimum absolute atomic E-state index is 0.0291. The predicted molar refractivity (Wildman–Crippen MR) is 137 cm³/mol. The van der Waals surface area contributed by atoms with Crippen molar-refractivity contribution in [3.8, 4) is 0 Å². The Morgan fingerprint density at radius 1 is 1.11 bits per heavy atom. The molecule has 36 heavy (non-hydrogen) atoms. The van der Waals surface area contributed by atoms with Crippen LogP contribution in [0.5, 0.6) is 0 Å². The van der Waals surface area contributed by atoms with Crippen molar-refractivity contribution < 1.29 is 23.5 Å². The summed E-state index contributed by atoms with van der Waals surface area (Å²) in [5.74, 6) is 0.401. The van der Waals surface area contributed by atoms with E-state index in [4.69, 9.17) is 13.9 Å². The van der Waals surface area contributed by atoms with Crippen molar-refractivity contribution in [3.05, 3.63) is 76.0 Å². The van der Waals surface area contributed by atoms with E-state index < -0.39 is 11.9 Å². The number of esters is 1. The molecule has 190 valence electrons. The lowest BCUT2D eigenvalue weighted by Crippen LogP contribution is -2.36. The maximum atomic E-state index is 13.7. The van der Waals surface area contributed by atoms with E-state index in [0.717, 1.165) is 35.5 Å². The maximum absolute atomic E-state index is 13.7. The summed E-state index contributed by atoms with van der Waals surface area (Å²) in [6, 6.07) is 12.1. The summed E-state index contributed by atoms with van der Waals surface area (Å²) in [6.45, 7) is 4.64. The molecule has 1 N–H and O–H groups in total. The molecule has 0 spiro atoms. The topological polar surface area (TPSA) is 81.0 Å². The molecule has 0 bridgehead atoms. The molecule has 0 radical (unpaired) electrons. The fourth-order valence-electron chi connectivity index (χ4n) is 5.51.